The lowest BCUT2D eigenvalue weighted by Crippen LogP contribution is -2.60. The molecule has 1 saturated heterocycles. The quantitative estimate of drug-likeness (QED) is 0.642. The predicted octanol–water partition coefficient (Wildman–Crippen LogP) is 2.50. The van der Waals surface area contributed by atoms with Gasteiger partial charge in [-0.15, -0.1) is 0 Å². The number of rotatable bonds is 5. The van der Waals surface area contributed by atoms with Gasteiger partial charge in [-0.3, -0.25) is 4.79 Å². The van der Waals surface area contributed by atoms with E-state index in [1.165, 1.54) is 23.2 Å². The Balaban J connectivity index is 1.35. The van der Waals surface area contributed by atoms with Crippen LogP contribution in [-0.2, 0) is 12.7 Å². The molecule has 1 aliphatic rings. The van der Waals surface area contributed by atoms with Gasteiger partial charge in [0.2, 0.25) is 5.95 Å². The van der Waals surface area contributed by atoms with Gasteiger partial charge in [0, 0.05) is 38.2 Å². The normalized spacial score (nSPS) is 14.5. The third-order valence-corrected chi connectivity index (χ3v) is 4.62. The van der Waals surface area contributed by atoms with Crippen LogP contribution in [0.5, 0.6) is 0 Å². The Morgan fingerprint density at radius 2 is 1.90 bits per heavy atom. The first-order valence-electron chi connectivity index (χ1n) is 9.00. The van der Waals surface area contributed by atoms with Crippen LogP contribution in [0.15, 0.2) is 49.2 Å². The van der Waals surface area contributed by atoms with Crippen molar-refractivity contribution in [3.8, 4) is 0 Å². The summed E-state index contributed by atoms with van der Waals surface area (Å²) in [5, 5.41) is 2.84. The first-order chi connectivity index (χ1) is 14.3. The van der Waals surface area contributed by atoms with Crippen LogP contribution < -0.4 is 10.2 Å². The summed E-state index contributed by atoms with van der Waals surface area (Å²) in [5.74, 6) is -1.13. The molecule has 1 aromatic carbocycles. The van der Waals surface area contributed by atoms with Gasteiger partial charge in [0.05, 0.1) is 17.9 Å². The summed E-state index contributed by atoms with van der Waals surface area (Å²) in [7, 11) is 0. The van der Waals surface area contributed by atoms with Crippen molar-refractivity contribution in [2.45, 2.75) is 18.8 Å². The van der Waals surface area contributed by atoms with Crippen molar-refractivity contribution < 1.29 is 22.4 Å². The molecule has 0 spiro atoms. The summed E-state index contributed by atoms with van der Waals surface area (Å²) < 4.78 is 53.4. The number of halogens is 4. The molecule has 0 unspecified atom stereocenters. The van der Waals surface area contributed by atoms with Crippen LogP contribution in [0.3, 0.4) is 0 Å². The van der Waals surface area contributed by atoms with Crippen molar-refractivity contribution in [1.82, 2.24) is 24.8 Å². The lowest BCUT2D eigenvalue weighted by Gasteiger charge is -2.39. The zero-order valence-corrected chi connectivity index (χ0v) is 15.5. The number of amides is 1. The molecule has 0 aliphatic carbocycles. The molecule has 1 fully saturated rings. The Morgan fingerprint density at radius 1 is 1.17 bits per heavy atom. The van der Waals surface area contributed by atoms with Crippen molar-refractivity contribution in [2.24, 2.45) is 0 Å². The summed E-state index contributed by atoms with van der Waals surface area (Å²) in [6, 6.07) is 4.43. The number of nitrogens with zero attached hydrogens (tertiary/aromatic N) is 5. The van der Waals surface area contributed by atoms with E-state index < -0.39 is 17.6 Å². The van der Waals surface area contributed by atoms with Crippen LogP contribution in [-0.4, -0.2) is 44.6 Å². The summed E-state index contributed by atoms with van der Waals surface area (Å²) >= 11 is 0. The minimum atomic E-state index is -4.78. The number of hydrogen-bond acceptors (Lipinski definition) is 5. The van der Waals surface area contributed by atoms with Crippen molar-refractivity contribution in [2.75, 3.05) is 18.0 Å². The van der Waals surface area contributed by atoms with E-state index in [1.807, 2.05) is 4.90 Å². The van der Waals surface area contributed by atoms with E-state index >= 15 is 0 Å². The van der Waals surface area contributed by atoms with Gasteiger partial charge in [-0.05, 0) is 23.8 Å². The van der Waals surface area contributed by atoms with Crippen LogP contribution in [0.1, 0.15) is 21.6 Å². The highest BCUT2D eigenvalue weighted by Crippen LogP contribution is 2.32. The Bertz CT molecular complexity index is 1050. The molecular weight excluding hydrogens is 404 g/mol. The average molecular weight is 420 g/mol. The smallest absolute Gasteiger partial charge is 0.344 e. The van der Waals surface area contributed by atoms with Gasteiger partial charge in [0.15, 0.2) is 0 Å². The van der Waals surface area contributed by atoms with Gasteiger partial charge < -0.3 is 14.8 Å². The van der Waals surface area contributed by atoms with Crippen LogP contribution in [0.25, 0.3) is 0 Å². The summed E-state index contributed by atoms with van der Waals surface area (Å²) in [5.41, 5.74) is -0.942. The van der Waals surface area contributed by atoms with Gasteiger partial charge in [0.1, 0.15) is 11.5 Å². The molecule has 0 bridgehead atoms. The molecule has 11 heteroatoms. The average Bonchev–Trinajstić information content (AvgIpc) is 3.14. The Morgan fingerprint density at radius 3 is 2.60 bits per heavy atom. The molecule has 0 saturated carbocycles. The van der Waals surface area contributed by atoms with E-state index in [0.717, 1.165) is 12.1 Å². The number of aromatic nitrogens is 4. The molecule has 4 rings (SSSR count). The van der Waals surface area contributed by atoms with E-state index in [-0.39, 0.29) is 29.8 Å². The van der Waals surface area contributed by atoms with Gasteiger partial charge in [-0.2, -0.15) is 13.2 Å². The maximum atomic E-state index is 13.4. The van der Waals surface area contributed by atoms with Crippen LogP contribution in [0.2, 0.25) is 0 Å². The zero-order valence-electron chi connectivity index (χ0n) is 15.5. The monoisotopic (exact) mass is 420 g/mol. The van der Waals surface area contributed by atoms with E-state index in [1.54, 1.807) is 18.5 Å². The number of imidazole rings is 1. The predicted molar refractivity (Wildman–Crippen MR) is 98.2 cm³/mol. The Labute approximate surface area is 168 Å². The number of alkyl halides is 3. The Hall–Kier alpha value is -3.50. The maximum absolute atomic E-state index is 13.4. The molecule has 3 heterocycles. The molecule has 1 amide bonds. The standard InChI is InChI=1S/C19H16F4N6O/c20-15-3-2-12(6-14(15)19(21,22)23)7-28-10-16(26-11-28)17(30)27-13-8-29(9-13)18-24-4-1-5-25-18/h1-6,10-11,13H,7-9H2,(H,27,30). The summed E-state index contributed by atoms with van der Waals surface area (Å²) in [4.78, 5) is 26.5. The largest absolute Gasteiger partial charge is 0.419 e. The SMILES string of the molecule is O=C(NC1CN(c2ncccn2)C1)c1cn(Cc2ccc(F)c(C(F)(F)F)c2)cn1. The fourth-order valence-corrected chi connectivity index (χ4v) is 3.11. The molecule has 1 aliphatic heterocycles. The number of nitrogens with one attached hydrogen (secondary N) is 1. The Kier molecular flexibility index (Phi) is 5.10. The summed E-state index contributed by atoms with van der Waals surface area (Å²) in [6.07, 6.45) is 1.28. The van der Waals surface area contributed by atoms with Crippen LogP contribution in [0.4, 0.5) is 23.5 Å². The molecule has 3 aromatic rings. The lowest BCUT2D eigenvalue weighted by molar-refractivity contribution is -0.140. The summed E-state index contributed by atoms with van der Waals surface area (Å²) in [6.45, 7) is 1.14. The van der Waals surface area contributed by atoms with Gasteiger partial charge >= 0.3 is 6.18 Å². The van der Waals surface area contributed by atoms with Crippen molar-refractivity contribution in [3.05, 3.63) is 71.8 Å². The molecule has 0 atom stereocenters. The first kappa shape index (κ1) is 19.8. The number of benzene rings is 1. The molecule has 156 valence electrons. The second kappa shape index (κ2) is 7.73. The second-order valence-electron chi connectivity index (χ2n) is 6.87. The van der Waals surface area contributed by atoms with E-state index in [4.69, 9.17) is 0 Å². The van der Waals surface area contributed by atoms with Crippen molar-refractivity contribution in [3.63, 3.8) is 0 Å². The fraction of sp³-hybridized carbons (Fsp3) is 0.263. The van der Waals surface area contributed by atoms with Gasteiger partial charge in [-0.1, -0.05) is 6.07 Å². The minimum absolute atomic E-state index is 0.0200. The number of anilines is 1. The molecular formula is C19H16F4N6O. The van der Waals surface area contributed by atoms with E-state index in [0.29, 0.717) is 19.0 Å². The van der Waals surface area contributed by atoms with Gasteiger partial charge in [0.25, 0.3) is 5.91 Å². The lowest BCUT2D eigenvalue weighted by atomic mass is 10.1. The maximum Gasteiger partial charge on any atom is 0.419 e. The van der Waals surface area contributed by atoms with Crippen molar-refractivity contribution in [1.29, 1.82) is 0 Å². The first-order valence-corrected chi connectivity index (χ1v) is 9.00. The number of hydrogen-bond donors (Lipinski definition) is 1. The van der Waals surface area contributed by atoms with Crippen LogP contribution >= 0.6 is 0 Å². The van der Waals surface area contributed by atoms with E-state index in [9.17, 15) is 22.4 Å². The second-order valence-corrected chi connectivity index (χ2v) is 6.87. The third-order valence-electron chi connectivity index (χ3n) is 4.62. The molecule has 30 heavy (non-hydrogen) atoms. The van der Waals surface area contributed by atoms with Crippen molar-refractivity contribution >= 4 is 11.9 Å². The number of carbonyl (C=O) groups is 1. The topological polar surface area (TPSA) is 75.9 Å². The van der Waals surface area contributed by atoms with Gasteiger partial charge in [-0.25, -0.2) is 19.3 Å². The fourth-order valence-electron chi connectivity index (χ4n) is 3.11. The molecule has 1 N–H and O–H groups in total. The highest BCUT2D eigenvalue weighted by atomic mass is 19.4. The molecule has 7 nitrogen and oxygen atoms in total. The third kappa shape index (κ3) is 4.24. The minimum Gasteiger partial charge on any atom is -0.344 e. The molecule has 2 aromatic heterocycles. The van der Waals surface area contributed by atoms with Crippen LogP contribution in [0, 0.1) is 5.82 Å². The van der Waals surface area contributed by atoms with E-state index in [2.05, 4.69) is 20.3 Å². The highest BCUT2D eigenvalue weighted by Gasteiger charge is 2.34. The molecule has 0 radical (unpaired) electrons. The zero-order chi connectivity index (χ0) is 21.3. The highest BCUT2D eigenvalue weighted by molar-refractivity contribution is 5.92. The number of carbonyl (C=O) groups excluding carboxylic acids is 1.